The number of hydrogen-bond donors (Lipinski definition) is 0. The molecule has 0 spiro atoms. The third-order valence-electron chi connectivity index (χ3n) is 5.36. The summed E-state index contributed by atoms with van der Waals surface area (Å²) in [5.74, 6) is 2.72. The fourth-order valence-electron chi connectivity index (χ4n) is 3.76. The zero-order chi connectivity index (χ0) is 19.5. The predicted octanol–water partition coefficient (Wildman–Crippen LogP) is 2.28. The molecule has 146 valence electrons. The molecular formula is C21H26N6O. The van der Waals surface area contributed by atoms with E-state index in [1.165, 1.54) is 5.56 Å². The fourth-order valence-corrected chi connectivity index (χ4v) is 3.76. The van der Waals surface area contributed by atoms with Crippen molar-refractivity contribution >= 4 is 17.5 Å². The highest BCUT2D eigenvalue weighted by Crippen LogP contribution is 2.18. The molecule has 1 amide bonds. The molecule has 0 radical (unpaired) electrons. The molecule has 7 heteroatoms. The maximum absolute atomic E-state index is 12.5. The van der Waals surface area contributed by atoms with Crippen LogP contribution in [0.15, 0.2) is 36.4 Å². The van der Waals surface area contributed by atoms with Crippen molar-refractivity contribution in [3.05, 3.63) is 53.5 Å². The van der Waals surface area contributed by atoms with Crippen molar-refractivity contribution in [3.63, 3.8) is 0 Å². The molecule has 1 aliphatic rings. The lowest BCUT2D eigenvalue weighted by Gasteiger charge is -2.35. The molecule has 1 saturated heterocycles. The van der Waals surface area contributed by atoms with Crippen LogP contribution in [-0.2, 0) is 17.6 Å². The van der Waals surface area contributed by atoms with Gasteiger partial charge in [0.2, 0.25) is 5.91 Å². The van der Waals surface area contributed by atoms with Crippen LogP contribution in [0.3, 0.4) is 0 Å². The maximum Gasteiger partial charge on any atom is 0.257 e. The number of benzene rings is 1. The highest BCUT2D eigenvalue weighted by Gasteiger charge is 2.22. The second-order valence-electron chi connectivity index (χ2n) is 7.21. The minimum absolute atomic E-state index is 0.230. The Morgan fingerprint density at radius 1 is 1.07 bits per heavy atom. The van der Waals surface area contributed by atoms with Gasteiger partial charge in [0.1, 0.15) is 11.6 Å². The number of aryl methyl sites for hydroxylation is 3. The van der Waals surface area contributed by atoms with E-state index in [2.05, 4.69) is 52.1 Å². The normalized spacial score (nSPS) is 14.6. The molecule has 0 saturated carbocycles. The van der Waals surface area contributed by atoms with Crippen LogP contribution in [0.25, 0.3) is 5.78 Å². The zero-order valence-corrected chi connectivity index (χ0v) is 16.5. The van der Waals surface area contributed by atoms with Crippen molar-refractivity contribution in [1.29, 1.82) is 0 Å². The maximum atomic E-state index is 12.5. The smallest absolute Gasteiger partial charge is 0.257 e. The number of amides is 1. The van der Waals surface area contributed by atoms with E-state index < -0.39 is 0 Å². The van der Waals surface area contributed by atoms with Crippen LogP contribution in [-0.4, -0.2) is 56.6 Å². The fraction of sp³-hybridized carbons (Fsp3) is 0.429. The van der Waals surface area contributed by atoms with E-state index in [-0.39, 0.29) is 5.91 Å². The Kier molecular flexibility index (Phi) is 5.23. The number of rotatable bonds is 5. The van der Waals surface area contributed by atoms with Gasteiger partial charge in [-0.25, -0.2) is 0 Å². The molecule has 7 nitrogen and oxygen atoms in total. The average molecular weight is 378 g/mol. The van der Waals surface area contributed by atoms with Crippen molar-refractivity contribution in [3.8, 4) is 0 Å². The van der Waals surface area contributed by atoms with Gasteiger partial charge in [0.25, 0.3) is 5.78 Å². The third-order valence-corrected chi connectivity index (χ3v) is 5.36. The van der Waals surface area contributed by atoms with E-state index in [1.54, 1.807) is 0 Å². The van der Waals surface area contributed by atoms with E-state index in [0.717, 1.165) is 56.4 Å². The van der Waals surface area contributed by atoms with Crippen LogP contribution < -0.4 is 4.90 Å². The highest BCUT2D eigenvalue weighted by molar-refractivity contribution is 5.76. The monoisotopic (exact) mass is 378 g/mol. The topological polar surface area (TPSA) is 66.6 Å². The summed E-state index contributed by atoms with van der Waals surface area (Å²) in [4.78, 5) is 21.4. The van der Waals surface area contributed by atoms with Crippen molar-refractivity contribution in [2.24, 2.45) is 0 Å². The number of fused-ring (bicyclic) bond motifs is 1. The van der Waals surface area contributed by atoms with Crippen molar-refractivity contribution < 1.29 is 4.79 Å². The van der Waals surface area contributed by atoms with Gasteiger partial charge in [0.05, 0.1) is 0 Å². The van der Waals surface area contributed by atoms with Gasteiger partial charge in [-0.15, -0.1) is 10.2 Å². The summed E-state index contributed by atoms with van der Waals surface area (Å²) in [5.41, 5.74) is 2.30. The predicted molar refractivity (Wildman–Crippen MR) is 108 cm³/mol. The van der Waals surface area contributed by atoms with E-state index in [4.69, 9.17) is 0 Å². The van der Waals surface area contributed by atoms with Crippen LogP contribution in [0.1, 0.15) is 30.4 Å². The lowest BCUT2D eigenvalue weighted by atomic mass is 10.1. The molecule has 2 aromatic heterocycles. The van der Waals surface area contributed by atoms with Crippen LogP contribution >= 0.6 is 0 Å². The largest absolute Gasteiger partial charge is 0.353 e. The second-order valence-corrected chi connectivity index (χ2v) is 7.21. The molecule has 0 N–H and O–H groups in total. The Morgan fingerprint density at radius 2 is 1.82 bits per heavy atom. The van der Waals surface area contributed by atoms with Crippen molar-refractivity contribution in [2.45, 2.75) is 33.1 Å². The third kappa shape index (κ3) is 3.69. The van der Waals surface area contributed by atoms with Crippen LogP contribution in [0.4, 0.5) is 5.82 Å². The van der Waals surface area contributed by atoms with E-state index >= 15 is 0 Å². The molecule has 0 aliphatic carbocycles. The first-order valence-corrected chi connectivity index (χ1v) is 9.94. The Bertz CT molecular complexity index is 960. The van der Waals surface area contributed by atoms with E-state index in [9.17, 15) is 4.79 Å². The average Bonchev–Trinajstić information content (AvgIpc) is 3.16. The number of aromatic nitrogens is 4. The van der Waals surface area contributed by atoms with Gasteiger partial charge < -0.3 is 9.80 Å². The molecule has 3 aromatic rings. The number of carbonyl (C=O) groups is 1. The Morgan fingerprint density at radius 3 is 2.54 bits per heavy atom. The van der Waals surface area contributed by atoms with Gasteiger partial charge in [-0.05, 0) is 18.9 Å². The summed E-state index contributed by atoms with van der Waals surface area (Å²) in [6, 6.07) is 12.3. The molecule has 28 heavy (non-hydrogen) atoms. The van der Waals surface area contributed by atoms with Gasteiger partial charge in [-0.1, -0.05) is 37.3 Å². The van der Waals surface area contributed by atoms with E-state index in [1.807, 2.05) is 27.5 Å². The minimum atomic E-state index is 0.230. The second kappa shape index (κ2) is 7.96. The first-order valence-electron chi connectivity index (χ1n) is 9.94. The molecule has 0 atom stereocenters. The van der Waals surface area contributed by atoms with Gasteiger partial charge in [-0.3, -0.25) is 9.20 Å². The number of piperazine rings is 1. The quantitative estimate of drug-likeness (QED) is 0.681. The Balaban J connectivity index is 1.37. The molecule has 0 unspecified atom stereocenters. The Labute approximate surface area is 165 Å². The number of anilines is 1. The summed E-state index contributed by atoms with van der Waals surface area (Å²) < 4.78 is 2.01. The van der Waals surface area contributed by atoms with Gasteiger partial charge in [-0.2, -0.15) is 4.98 Å². The van der Waals surface area contributed by atoms with Gasteiger partial charge in [0, 0.05) is 50.8 Å². The SMILES string of the molecule is CCc1nnc2nc(N3CCN(C(=O)CCc4ccccc4)CC3)cc(C)n12. The van der Waals surface area contributed by atoms with Gasteiger partial charge >= 0.3 is 0 Å². The minimum Gasteiger partial charge on any atom is -0.353 e. The lowest BCUT2D eigenvalue weighted by molar-refractivity contribution is -0.131. The standard InChI is InChI=1S/C21H26N6O/c1-3-18-23-24-21-22-19(15-16(2)27(18)21)25-11-13-26(14-12-25)20(28)10-9-17-7-5-4-6-8-17/h4-8,15H,3,9-14H2,1-2H3. The molecule has 0 bridgehead atoms. The highest BCUT2D eigenvalue weighted by atomic mass is 16.2. The molecule has 1 fully saturated rings. The Hall–Kier alpha value is -2.96. The van der Waals surface area contributed by atoms with Crippen LogP contribution in [0.2, 0.25) is 0 Å². The summed E-state index contributed by atoms with van der Waals surface area (Å²) in [6.07, 6.45) is 2.18. The lowest BCUT2D eigenvalue weighted by Crippen LogP contribution is -2.49. The van der Waals surface area contributed by atoms with Gasteiger partial charge in [0.15, 0.2) is 0 Å². The number of nitrogens with zero attached hydrogens (tertiary/aromatic N) is 6. The van der Waals surface area contributed by atoms with E-state index in [0.29, 0.717) is 12.2 Å². The first kappa shape index (κ1) is 18.4. The number of hydrogen-bond acceptors (Lipinski definition) is 5. The summed E-state index contributed by atoms with van der Waals surface area (Å²) in [7, 11) is 0. The summed E-state index contributed by atoms with van der Waals surface area (Å²) >= 11 is 0. The first-order chi connectivity index (χ1) is 13.7. The summed E-state index contributed by atoms with van der Waals surface area (Å²) in [6.45, 7) is 7.16. The zero-order valence-electron chi connectivity index (χ0n) is 16.5. The van der Waals surface area contributed by atoms with Crippen LogP contribution in [0, 0.1) is 6.92 Å². The molecule has 3 heterocycles. The number of carbonyl (C=O) groups excluding carboxylic acids is 1. The molecule has 1 aromatic carbocycles. The molecular weight excluding hydrogens is 352 g/mol. The van der Waals surface area contributed by atoms with Crippen molar-refractivity contribution in [2.75, 3.05) is 31.1 Å². The van der Waals surface area contributed by atoms with Crippen LogP contribution in [0.5, 0.6) is 0 Å². The molecule has 1 aliphatic heterocycles. The molecule has 4 rings (SSSR count). The summed E-state index contributed by atoms with van der Waals surface area (Å²) in [5, 5.41) is 8.43. The van der Waals surface area contributed by atoms with Crippen molar-refractivity contribution in [1.82, 2.24) is 24.5 Å².